The Balaban J connectivity index is 2.11. The molecule has 0 spiro atoms. The predicted molar refractivity (Wildman–Crippen MR) is 71.8 cm³/mol. The second kappa shape index (κ2) is 6.05. The van der Waals surface area contributed by atoms with Crippen LogP contribution in [0.3, 0.4) is 0 Å². The minimum absolute atomic E-state index is 0.223. The van der Waals surface area contributed by atoms with Crippen LogP contribution >= 0.6 is 0 Å². The van der Waals surface area contributed by atoms with E-state index in [1.54, 1.807) is 18.5 Å². The van der Waals surface area contributed by atoms with Gasteiger partial charge in [-0.25, -0.2) is 4.98 Å². The van der Waals surface area contributed by atoms with Crippen LogP contribution in [0, 0.1) is 6.92 Å². The van der Waals surface area contributed by atoms with Crippen molar-refractivity contribution in [2.75, 3.05) is 14.2 Å². The van der Waals surface area contributed by atoms with Gasteiger partial charge < -0.3 is 19.8 Å². The molecule has 0 fully saturated rings. The van der Waals surface area contributed by atoms with Gasteiger partial charge in [0.1, 0.15) is 5.56 Å². The molecular formula is C13H16N4O3. The van der Waals surface area contributed by atoms with Crippen molar-refractivity contribution in [2.45, 2.75) is 13.5 Å². The van der Waals surface area contributed by atoms with E-state index in [1.165, 1.54) is 14.2 Å². The van der Waals surface area contributed by atoms with Crippen molar-refractivity contribution >= 4 is 5.91 Å². The number of hydrogen-bond acceptors (Lipinski definition) is 5. The van der Waals surface area contributed by atoms with E-state index in [2.05, 4.69) is 20.3 Å². The molecule has 0 aliphatic carbocycles. The molecule has 0 unspecified atom stereocenters. The van der Waals surface area contributed by atoms with Crippen molar-refractivity contribution in [2.24, 2.45) is 0 Å². The van der Waals surface area contributed by atoms with Crippen molar-refractivity contribution in [1.82, 2.24) is 20.3 Å². The predicted octanol–water partition coefficient (Wildman–Crippen LogP) is 1.06. The zero-order valence-electron chi connectivity index (χ0n) is 11.6. The van der Waals surface area contributed by atoms with Gasteiger partial charge in [0.25, 0.3) is 5.91 Å². The molecule has 0 saturated carbocycles. The quantitative estimate of drug-likeness (QED) is 0.852. The van der Waals surface area contributed by atoms with E-state index in [4.69, 9.17) is 9.47 Å². The lowest BCUT2D eigenvalue weighted by Crippen LogP contribution is -2.24. The molecule has 2 heterocycles. The van der Waals surface area contributed by atoms with E-state index in [0.29, 0.717) is 18.0 Å². The number of rotatable bonds is 5. The zero-order valence-corrected chi connectivity index (χ0v) is 11.6. The number of methoxy groups -OCH3 is 2. The van der Waals surface area contributed by atoms with Crippen molar-refractivity contribution in [1.29, 1.82) is 0 Å². The molecule has 7 nitrogen and oxygen atoms in total. The van der Waals surface area contributed by atoms with Crippen LogP contribution in [0.15, 0.2) is 18.5 Å². The smallest absolute Gasteiger partial charge is 0.257 e. The number of imidazole rings is 1. The number of amides is 1. The SMILES string of the molecule is COc1ccc(C(=O)NCc2nc[nH]c2C)c(OC)n1. The summed E-state index contributed by atoms with van der Waals surface area (Å²) in [5.74, 6) is 0.335. The Bertz CT molecular complexity index is 609. The molecule has 1 amide bonds. The van der Waals surface area contributed by atoms with E-state index in [-0.39, 0.29) is 11.8 Å². The first-order valence-corrected chi connectivity index (χ1v) is 6.01. The largest absolute Gasteiger partial charge is 0.481 e. The Morgan fingerprint density at radius 2 is 2.15 bits per heavy atom. The molecule has 2 rings (SSSR count). The first kappa shape index (κ1) is 13.9. The molecule has 0 aliphatic rings. The lowest BCUT2D eigenvalue weighted by Gasteiger charge is -2.09. The van der Waals surface area contributed by atoms with Gasteiger partial charge in [-0.2, -0.15) is 4.98 Å². The summed E-state index contributed by atoms with van der Waals surface area (Å²) < 4.78 is 10.1. The van der Waals surface area contributed by atoms with E-state index in [0.717, 1.165) is 11.4 Å². The maximum Gasteiger partial charge on any atom is 0.257 e. The van der Waals surface area contributed by atoms with Gasteiger partial charge >= 0.3 is 0 Å². The fourth-order valence-electron chi connectivity index (χ4n) is 1.69. The molecule has 106 valence electrons. The Morgan fingerprint density at radius 3 is 2.75 bits per heavy atom. The van der Waals surface area contributed by atoms with Crippen LogP contribution in [0.4, 0.5) is 0 Å². The number of pyridine rings is 1. The van der Waals surface area contributed by atoms with Gasteiger partial charge in [0.15, 0.2) is 0 Å². The van der Waals surface area contributed by atoms with E-state index in [9.17, 15) is 4.79 Å². The third-order valence-electron chi connectivity index (χ3n) is 2.83. The summed E-state index contributed by atoms with van der Waals surface area (Å²) in [6.45, 7) is 2.23. The summed E-state index contributed by atoms with van der Waals surface area (Å²) >= 11 is 0. The lowest BCUT2D eigenvalue weighted by molar-refractivity contribution is 0.0946. The van der Waals surface area contributed by atoms with Gasteiger partial charge in [-0.05, 0) is 13.0 Å². The average molecular weight is 276 g/mol. The molecule has 2 aromatic heterocycles. The van der Waals surface area contributed by atoms with E-state index < -0.39 is 0 Å². The summed E-state index contributed by atoms with van der Waals surface area (Å²) in [6, 6.07) is 3.22. The summed E-state index contributed by atoms with van der Waals surface area (Å²) in [5, 5.41) is 2.77. The zero-order chi connectivity index (χ0) is 14.5. The summed E-state index contributed by atoms with van der Waals surface area (Å²) in [6.07, 6.45) is 1.59. The maximum atomic E-state index is 12.1. The van der Waals surface area contributed by atoms with Crippen LogP contribution in [-0.2, 0) is 6.54 Å². The van der Waals surface area contributed by atoms with Gasteiger partial charge in [0, 0.05) is 11.8 Å². The number of hydrogen-bond donors (Lipinski definition) is 2. The van der Waals surface area contributed by atoms with Crippen LogP contribution in [0.5, 0.6) is 11.8 Å². The minimum Gasteiger partial charge on any atom is -0.481 e. The molecule has 0 radical (unpaired) electrons. The normalized spacial score (nSPS) is 10.2. The molecule has 2 N–H and O–H groups in total. The standard InChI is InChI=1S/C13H16N4O3/c1-8-10(16-7-15-8)6-14-12(18)9-4-5-11(19-2)17-13(9)20-3/h4-5,7H,6H2,1-3H3,(H,14,18)(H,15,16). The first-order chi connectivity index (χ1) is 9.65. The van der Waals surface area contributed by atoms with Crippen molar-refractivity contribution in [3.63, 3.8) is 0 Å². The van der Waals surface area contributed by atoms with Gasteiger partial charge in [0.05, 0.1) is 32.8 Å². The Kier molecular flexibility index (Phi) is 4.19. The third-order valence-corrected chi connectivity index (χ3v) is 2.83. The number of ether oxygens (including phenoxy) is 2. The van der Waals surface area contributed by atoms with Gasteiger partial charge in [-0.15, -0.1) is 0 Å². The van der Waals surface area contributed by atoms with Crippen LogP contribution < -0.4 is 14.8 Å². The second-order valence-corrected chi connectivity index (χ2v) is 4.07. The molecule has 0 aromatic carbocycles. The maximum absolute atomic E-state index is 12.1. The fraction of sp³-hybridized carbons (Fsp3) is 0.308. The minimum atomic E-state index is -0.278. The Hall–Kier alpha value is -2.57. The van der Waals surface area contributed by atoms with Crippen LogP contribution in [-0.4, -0.2) is 35.1 Å². The lowest BCUT2D eigenvalue weighted by atomic mass is 10.2. The number of aromatic amines is 1. The molecule has 0 bridgehead atoms. The Morgan fingerprint density at radius 1 is 1.35 bits per heavy atom. The molecule has 7 heteroatoms. The number of aromatic nitrogens is 3. The third kappa shape index (κ3) is 2.87. The van der Waals surface area contributed by atoms with Crippen LogP contribution in [0.1, 0.15) is 21.7 Å². The molecule has 0 aliphatic heterocycles. The summed E-state index contributed by atoms with van der Waals surface area (Å²) in [5.41, 5.74) is 2.06. The highest BCUT2D eigenvalue weighted by atomic mass is 16.5. The van der Waals surface area contributed by atoms with Crippen LogP contribution in [0.2, 0.25) is 0 Å². The summed E-state index contributed by atoms with van der Waals surface area (Å²) in [7, 11) is 2.96. The highest BCUT2D eigenvalue weighted by Crippen LogP contribution is 2.19. The number of carbonyl (C=O) groups is 1. The molecule has 20 heavy (non-hydrogen) atoms. The number of aryl methyl sites for hydroxylation is 1. The van der Waals surface area contributed by atoms with Crippen molar-refractivity contribution in [3.05, 3.63) is 35.4 Å². The Labute approximate surface area is 116 Å². The second-order valence-electron chi connectivity index (χ2n) is 4.07. The number of nitrogens with one attached hydrogen (secondary N) is 2. The molecule has 2 aromatic rings. The summed E-state index contributed by atoms with van der Waals surface area (Å²) in [4.78, 5) is 23.3. The van der Waals surface area contributed by atoms with Gasteiger partial charge in [0.2, 0.25) is 11.8 Å². The fourth-order valence-corrected chi connectivity index (χ4v) is 1.69. The van der Waals surface area contributed by atoms with Gasteiger partial charge in [-0.3, -0.25) is 4.79 Å². The van der Waals surface area contributed by atoms with E-state index in [1.807, 2.05) is 6.92 Å². The highest BCUT2D eigenvalue weighted by Gasteiger charge is 2.15. The topological polar surface area (TPSA) is 89.1 Å². The van der Waals surface area contributed by atoms with Gasteiger partial charge in [-0.1, -0.05) is 0 Å². The van der Waals surface area contributed by atoms with Crippen molar-refractivity contribution in [3.8, 4) is 11.8 Å². The molecular weight excluding hydrogens is 260 g/mol. The monoisotopic (exact) mass is 276 g/mol. The van der Waals surface area contributed by atoms with Crippen LogP contribution in [0.25, 0.3) is 0 Å². The average Bonchev–Trinajstić information content (AvgIpc) is 2.89. The number of nitrogens with zero attached hydrogens (tertiary/aromatic N) is 2. The first-order valence-electron chi connectivity index (χ1n) is 6.01. The highest BCUT2D eigenvalue weighted by molar-refractivity contribution is 5.96. The number of carbonyl (C=O) groups excluding carboxylic acids is 1. The molecule has 0 saturated heterocycles. The van der Waals surface area contributed by atoms with E-state index >= 15 is 0 Å². The van der Waals surface area contributed by atoms with Crippen molar-refractivity contribution < 1.29 is 14.3 Å². The molecule has 0 atom stereocenters. The number of H-pyrrole nitrogens is 1.